The summed E-state index contributed by atoms with van der Waals surface area (Å²) >= 11 is 0. The Bertz CT molecular complexity index is 448. The van der Waals surface area contributed by atoms with E-state index in [2.05, 4.69) is 15.3 Å². The van der Waals surface area contributed by atoms with E-state index in [1.807, 2.05) is 0 Å². The molecule has 1 heterocycles. The summed E-state index contributed by atoms with van der Waals surface area (Å²) in [7, 11) is 0. The van der Waals surface area contributed by atoms with Crippen LogP contribution in [0, 0.1) is 0 Å². The minimum atomic E-state index is -1.28. The molecule has 0 aromatic heterocycles. The van der Waals surface area contributed by atoms with Crippen molar-refractivity contribution in [1.29, 1.82) is 0 Å². The minimum absolute atomic E-state index is 0.0860. The molecule has 1 aliphatic heterocycles. The van der Waals surface area contributed by atoms with Crippen LogP contribution in [0.5, 0.6) is 0 Å². The molecule has 1 aliphatic rings. The molecular weight excluding hydrogens is 266 g/mol. The van der Waals surface area contributed by atoms with Gasteiger partial charge in [0, 0.05) is 19.1 Å². The van der Waals surface area contributed by atoms with E-state index < -0.39 is 30.0 Å². The zero-order chi connectivity index (χ0) is 15.2. The first-order chi connectivity index (χ1) is 9.41. The molecule has 9 nitrogen and oxygen atoms in total. The van der Waals surface area contributed by atoms with Gasteiger partial charge >= 0.3 is 5.97 Å². The Morgan fingerprint density at radius 1 is 1.40 bits per heavy atom. The van der Waals surface area contributed by atoms with Gasteiger partial charge in [0.2, 0.25) is 5.91 Å². The van der Waals surface area contributed by atoms with Crippen molar-refractivity contribution in [2.24, 2.45) is 21.5 Å². The Labute approximate surface area is 115 Å². The van der Waals surface area contributed by atoms with E-state index in [0.29, 0.717) is 0 Å². The van der Waals surface area contributed by atoms with E-state index in [1.54, 1.807) is 0 Å². The highest BCUT2D eigenvalue weighted by molar-refractivity contribution is 6.09. The minimum Gasteiger partial charge on any atom is -0.480 e. The Kier molecular flexibility index (Phi) is 5.47. The lowest BCUT2D eigenvalue weighted by Gasteiger charge is -2.24. The first-order valence-electron chi connectivity index (χ1n) is 5.98. The number of hydrogen-bond donors (Lipinski definition) is 4. The van der Waals surface area contributed by atoms with Crippen molar-refractivity contribution in [3.8, 4) is 0 Å². The number of hydrogen-bond acceptors (Lipinski definition) is 7. The third-order valence-electron chi connectivity index (χ3n) is 2.78. The monoisotopic (exact) mass is 283 g/mol. The summed E-state index contributed by atoms with van der Waals surface area (Å²) in [6.07, 6.45) is 2.55. The topological polar surface area (TPSA) is 160 Å². The number of Topliss-reactive ketones (excluding diaryl/α,β-unsaturated/α-hetero) is 1. The van der Waals surface area contributed by atoms with Gasteiger partial charge in [0.05, 0.1) is 6.04 Å². The summed E-state index contributed by atoms with van der Waals surface area (Å²) in [6.45, 7) is -0.377. The van der Waals surface area contributed by atoms with E-state index in [4.69, 9.17) is 16.6 Å². The summed E-state index contributed by atoms with van der Waals surface area (Å²) in [6, 6.07) is -1.07. The zero-order valence-corrected chi connectivity index (χ0v) is 10.8. The van der Waals surface area contributed by atoms with Crippen LogP contribution in [0.2, 0.25) is 0 Å². The van der Waals surface area contributed by atoms with Crippen LogP contribution >= 0.6 is 0 Å². The van der Waals surface area contributed by atoms with Gasteiger partial charge in [-0.3, -0.25) is 19.4 Å². The SMILES string of the molecule is NCCC(=O)C1(C[C@H](N)C(=O)NCC(=O)O)C=NC=N1. The van der Waals surface area contributed by atoms with Gasteiger partial charge in [-0.15, -0.1) is 0 Å². The molecule has 0 radical (unpaired) electrons. The lowest BCUT2D eigenvalue weighted by Crippen LogP contribution is -2.50. The van der Waals surface area contributed by atoms with Crippen LogP contribution in [0.15, 0.2) is 9.98 Å². The predicted molar refractivity (Wildman–Crippen MR) is 71.6 cm³/mol. The van der Waals surface area contributed by atoms with Crippen LogP contribution in [0.3, 0.4) is 0 Å². The van der Waals surface area contributed by atoms with Crippen molar-refractivity contribution >= 4 is 30.2 Å². The van der Waals surface area contributed by atoms with E-state index in [9.17, 15) is 14.4 Å². The fraction of sp³-hybridized carbons (Fsp3) is 0.545. The van der Waals surface area contributed by atoms with E-state index in [1.165, 1.54) is 12.6 Å². The molecule has 1 rings (SSSR count). The Hall–Kier alpha value is -2.13. The standard InChI is InChI=1S/C11H17N5O4/c12-2-1-8(17)11(5-14-6-16-11)3-7(13)10(20)15-4-9(18)19/h5-7H,1-4,12-13H2,(H,15,20)(H,18,19)/t7-,11?/m0/s1. The molecule has 0 saturated carbocycles. The highest BCUT2D eigenvalue weighted by atomic mass is 16.4. The number of ketones is 1. The number of carboxylic acids is 1. The summed E-state index contributed by atoms with van der Waals surface area (Å²) in [5.41, 5.74) is 9.73. The maximum Gasteiger partial charge on any atom is 0.322 e. The molecule has 0 bridgehead atoms. The Morgan fingerprint density at radius 3 is 2.60 bits per heavy atom. The molecular formula is C11H17N5O4. The maximum atomic E-state index is 12.0. The molecule has 2 atom stereocenters. The number of amides is 1. The van der Waals surface area contributed by atoms with Crippen molar-refractivity contribution in [3.63, 3.8) is 0 Å². The molecule has 9 heteroatoms. The van der Waals surface area contributed by atoms with Crippen molar-refractivity contribution in [3.05, 3.63) is 0 Å². The number of aliphatic imine (C=N–C) groups is 2. The first kappa shape index (κ1) is 15.9. The van der Waals surface area contributed by atoms with Crippen LogP contribution in [0.25, 0.3) is 0 Å². The molecule has 1 unspecified atom stereocenters. The first-order valence-corrected chi connectivity index (χ1v) is 5.98. The van der Waals surface area contributed by atoms with Crippen molar-refractivity contribution in [2.45, 2.75) is 24.4 Å². The summed E-state index contributed by atoms with van der Waals surface area (Å²) in [5, 5.41) is 10.6. The molecule has 0 saturated heterocycles. The summed E-state index contributed by atoms with van der Waals surface area (Å²) in [5.74, 6) is -2.12. The summed E-state index contributed by atoms with van der Waals surface area (Å²) < 4.78 is 0. The van der Waals surface area contributed by atoms with Crippen LogP contribution in [-0.4, -0.2) is 60.0 Å². The highest BCUT2D eigenvalue weighted by Gasteiger charge is 2.40. The number of rotatable bonds is 8. The van der Waals surface area contributed by atoms with Crippen LogP contribution in [0.1, 0.15) is 12.8 Å². The van der Waals surface area contributed by atoms with Gasteiger partial charge in [-0.25, -0.2) is 4.99 Å². The van der Waals surface area contributed by atoms with Gasteiger partial charge in [-0.2, -0.15) is 0 Å². The second-order valence-corrected chi connectivity index (χ2v) is 4.33. The van der Waals surface area contributed by atoms with Gasteiger partial charge in [-0.1, -0.05) is 0 Å². The molecule has 0 fully saturated rings. The molecule has 0 aromatic carbocycles. The normalized spacial score (nSPS) is 21.7. The summed E-state index contributed by atoms with van der Waals surface area (Å²) in [4.78, 5) is 41.8. The fourth-order valence-corrected chi connectivity index (χ4v) is 1.76. The van der Waals surface area contributed by atoms with Gasteiger partial charge < -0.3 is 21.9 Å². The number of nitrogens with two attached hydrogens (primary N) is 2. The molecule has 0 aliphatic carbocycles. The lowest BCUT2D eigenvalue weighted by atomic mass is 9.87. The molecule has 20 heavy (non-hydrogen) atoms. The number of carbonyl (C=O) groups excluding carboxylic acids is 2. The van der Waals surface area contributed by atoms with Crippen molar-refractivity contribution in [1.82, 2.24) is 5.32 Å². The number of nitrogens with zero attached hydrogens (tertiary/aromatic N) is 2. The van der Waals surface area contributed by atoms with Crippen LogP contribution in [-0.2, 0) is 14.4 Å². The van der Waals surface area contributed by atoms with Crippen LogP contribution in [0.4, 0.5) is 0 Å². The number of carboxylic acid groups (broad SMARTS) is 1. The van der Waals surface area contributed by atoms with Crippen LogP contribution < -0.4 is 16.8 Å². The van der Waals surface area contributed by atoms with Gasteiger partial charge in [-0.05, 0) is 6.54 Å². The average Bonchev–Trinajstić information content (AvgIpc) is 2.85. The maximum absolute atomic E-state index is 12.0. The smallest absolute Gasteiger partial charge is 0.322 e. The van der Waals surface area contributed by atoms with Crippen molar-refractivity contribution < 1.29 is 19.5 Å². The quantitative estimate of drug-likeness (QED) is 0.391. The third-order valence-corrected chi connectivity index (χ3v) is 2.78. The average molecular weight is 283 g/mol. The zero-order valence-electron chi connectivity index (χ0n) is 10.8. The van der Waals surface area contributed by atoms with E-state index in [0.717, 1.165) is 0 Å². The molecule has 1 amide bonds. The Morgan fingerprint density at radius 2 is 2.10 bits per heavy atom. The Balaban J connectivity index is 2.69. The largest absolute Gasteiger partial charge is 0.480 e. The molecule has 0 aromatic rings. The third kappa shape index (κ3) is 3.93. The molecule has 110 valence electrons. The number of nitrogens with one attached hydrogen (secondary N) is 1. The fourth-order valence-electron chi connectivity index (χ4n) is 1.76. The predicted octanol–water partition coefficient (Wildman–Crippen LogP) is -2.33. The molecule has 0 spiro atoms. The number of aliphatic carboxylic acids is 1. The lowest BCUT2D eigenvalue weighted by molar-refractivity contribution is -0.138. The van der Waals surface area contributed by atoms with Gasteiger partial charge in [0.1, 0.15) is 12.9 Å². The van der Waals surface area contributed by atoms with E-state index >= 15 is 0 Å². The second kappa shape index (κ2) is 6.87. The highest BCUT2D eigenvalue weighted by Crippen LogP contribution is 2.21. The van der Waals surface area contributed by atoms with Gasteiger partial charge in [0.15, 0.2) is 11.3 Å². The van der Waals surface area contributed by atoms with Gasteiger partial charge in [0.25, 0.3) is 0 Å². The number of carbonyl (C=O) groups is 3. The second-order valence-electron chi connectivity index (χ2n) is 4.33. The van der Waals surface area contributed by atoms with Crippen molar-refractivity contribution in [2.75, 3.05) is 13.1 Å². The van der Waals surface area contributed by atoms with E-state index in [-0.39, 0.29) is 25.2 Å². The molecule has 6 N–H and O–H groups in total.